The van der Waals surface area contributed by atoms with Crippen LogP contribution in [0.1, 0.15) is 68.6 Å². The molecule has 4 aliphatic carbocycles. The molecule has 1 heterocycles. The minimum Gasteiger partial charge on any atom is -0.458 e. The zero-order valence-electron chi connectivity index (χ0n) is 19.8. The number of benzene rings is 1. The average molecular weight is 473 g/mol. The molecule has 0 aromatic heterocycles. The van der Waals surface area contributed by atoms with Gasteiger partial charge in [-0.25, -0.2) is 13.6 Å². The number of fused-ring (bicyclic) bond motifs is 5. The third-order valence-electron chi connectivity index (χ3n) is 10.1. The zero-order valence-corrected chi connectivity index (χ0v) is 19.8. The number of halogens is 2. The maximum Gasteiger partial charge on any atom is 0.338 e. The van der Waals surface area contributed by atoms with Gasteiger partial charge < -0.3 is 14.2 Å². The second kappa shape index (κ2) is 8.12. The van der Waals surface area contributed by atoms with Gasteiger partial charge in [-0.05, 0) is 68.4 Å². The van der Waals surface area contributed by atoms with Crippen molar-refractivity contribution in [2.45, 2.75) is 76.6 Å². The van der Waals surface area contributed by atoms with Crippen molar-refractivity contribution in [1.29, 1.82) is 0 Å². The quantitative estimate of drug-likeness (QED) is 0.390. The summed E-state index contributed by atoms with van der Waals surface area (Å²) in [6.45, 7) is 3.32. The molecule has 6 heteroatoms. The molecule has 0 amide bonds. The molecule has 4 fully saturated rings. The van der Waals surface area contributed by atoms with Crippen molar-refractivity contribution < 1.29 is 27.8 Å². The number of carbonyl (C=O) groups is 1. The fraction of sp³-hybridized carbons (Fsp3) is 0.679. The number of esters is 1. The summed E-state index contributed by atoms with van der Waals surface area (Å²) in [6, 6.07) is 9.12. The Kier molecular flexibility index (Phi) is 5.41. The van der Waals surface area contributed by atoms with E-state index in [4.69, 9.17) is 14.2 Å². The van der Waals surface area contributed by atoms with Crippen LogP contribution in [-0.2, 0) is 14.2 Å². The van der Waals surface area contributed by atoms with Crippen molar-refractivity contribution in [3.05, 3.63) is 47.5 Å². The Hall–Kier alpha value is -1.79. The minimum atomic E-state index is -2.39. The number of hydrogen-bond acceptors (Lipinski definition) is 4. The predicted octanol–water partition coefficient (Wildman–Crippen LogP) is 6.16. The summed E-state index contributed by atoms with van der Waals surface area (Å²) in [5, 5.41) is 0. The Labute approximate surface area is 200 Å². The van der Waals surface area contributed by atoms with Gasteiger partial charge in [-0.1, -0.05) is 36.8 Å². The number of carbonyl (C=O) groups excluding carboxylic acids is 1. The highest BCUT2D eigenvalue weighted by Crippen LogP contribution is 2.67. The van der Waals surface area contributed by atoms with E-state index >= 15 is 0 Å². The van der Waals surface area contributed by atoms with Crippen molar-refractivity contribution >= 4 is 5.97 Å². The monoisotopic (exact) mass is 472 g/mol. The third kappa shape index (κ3) is 3.24. The Morgan fingerprint density at radius 1 is 1.03 bits per heavy atom. The van der Waals surface area contributed by atoms with E-state index in [-0.39, 0.29) is 29.3 Å². The van der Waals surface area contributed by atoms with Crippen LogP contribution in [0.25, 0.3) is 0 Å². The van der Waals surface area contributed by atoms with Crippen molar-refractivity contribution in [3.8, 4) is 0 Å². The molecule has 0 N–H and O–H groups in total. The lowest BCUT2D eigenvalue weighted by Gasteiger charge is -2.59. The van der Waals surface area contributed by atoms with Crippen LogP contribution in [0, 0.1) is 28.6 Å². The molecule has 34 heavy (non-hydrogen) atoms. The van der Waals surface area contributed by atoms with E-state index in [2.05, 4.69) is 13.0 Å². The molecule has 1 aliphatic heterocycles. The topological polar surface area (TPSA) is 44.8 Å². The van der Waals surface area contributed by atoms with Gasteiger partial charge in [0, 0.05) is 18.3 Å². The lowest BCUT2D eigenvalue weighted by molar-refractivity contribution is -0.203. The Morgan fingerprint density at radius 3 is 2.53 bits per heavy atom. The molecule has 6 rings (SSSR count). The standard InChI is InChI=1S/C28H34F2O4/c1-26-12-11-22-20(21(26)9-10-23(26)34-24(31)18-5-3-2-4-6-18)8-7-19-17-27(32-15-16-33-27)13-14-28(19,22)25(29)30/h2-7,20-23,25H,8-17H2,1H3/t20-,21-,22-,23-,26-,28+/m0/s1. The first-order valence-electron chi connectivity index (χ1n) is 12.9. The lowest BCUT2D eigenvalue weighted by atomic mass is 9.47. The van der Waals surface area contributed by atoms with Crippen molar-refractivity contribution in [1.82, 2.24) is 0 Å². The minimum absolute atomic E-state index is 0.0343. The van der Waals surface area contributed by atoms with E-state index in [1.807, 2.05) is 18.2 Å². The van der Waals surface area contributed by atoms with Crippen LogP contribution in [0.4, 0.5) is 8.78 Å². The molecule has 3 saturated carbocycles. The van der Waals surface area contributed by atoms with Crippen LogP contribution in [0.15, 0.2) is 42.0 Å². The maximum absolute atomic E-state index is 15.0. The normalized spacial score (nSPS) is 40.4. The SMILES string of the molecule is C[C@]12CC[C@H]3[C@@H](CC=C4CC5(CC[C@@]43C(F)F)OCCO5)[C@@H]1CC[C@@H]2OC(=O)c1ccccc1. The fourth-order valence-corrected chi connectivity index (χ4v) is 8.39. The molecule has 0 unspecified atom stereocenters. The van der Waals surface area contributed by atoms with Gasteiger partial charge in [-0.2, -0.15) is 0 Å². The maximum atomic E-state index is 15.0. The highest BCUT2D eigenvalue weighted by molar-refractivity contribution is 5.89. The summed E-state index contributed by atoms with van der Waals surface area (Å²) in [6.07, 6.45) is 5.15. The largest absolute Gasteiger partial charge is 0.458 e. The first-order valence-corrected chi connectivity index (χ1v) is 12.9. The molecule has 0 bridgehead atoms. The zero-order chi connectivity index (χ0) is 23.6. The summed E-state index contributed by atoms with van der Waals surface area (Å²) in [5.74, 6) is -0.504. The fourth-order valence-electron chi connectivity index (χ4n) is 8.39. The summed E-state index contributed by atoms with van der Waals surface area (Å²) in [7, 11) is 0. The molecular weight excluding hydrogens is 438 g/mol. The third-order valence-corrected chi connectivity index (χ3v) is 10.1. The van der Waals surface area contributed by atoms with E-state index in [1.165, 1.54) is 0 Å². The van der Waals surface area contributed by atoms with Crippen LogP contribution >= 0.6 is 0 Å². The Morgan fingerprint density at radius 2 is 1.79 bits per heavy atom. The van der Waals surface area contributed by atoms with Gasteiger partial charge in [0.2, 0.25) is 6.43 Å². The molecule has 1 aromatic carbocycles. The van der Waals surface area contributed by atoms with Crippen molar-refractivity contribution in [2.24, 2.45) is 28.6 Å². The second-order valence-corrected chi connectivity index (χ2v) is 11.3. The van der Waals surface area contributed by atoms with E-state index in [0.29, 0.717) is 44.0 Å². The first-order chi connectivity index (χ1) is 16.4. The summed E-state index contributed by atoms with van der Waals surface area (Å²) < 4.78 is 47.8. The number of ether oxygens (including phenoxy) is 3. The van der Waals surface area contributed by atoms with Gasteiger partial charge >= 0.3 is 5.97 Å². The summed E-state index contributed by atoms with van der Waals surface area (Å²) in [4.78, 5) is 12.8. The Bertz CT molecular complexity index is 972. The van der Waals surface area contributed by atoms with E-state index < -0.39 is 17.6 Å². The van der Waals surface area contributed by atoms with Crippen molar-refractivity contribution in [2.75, 3.05) is 13.2 Å². The van der Waals surface area contributed by atoms with Gasteiger partial charge in [0.25, 0.3) is 0 Å². The Balaban J connectivity index is 1.26. The van der Waals surface area contributed by atoms with Crippen molar-refractivity contribution in [3.63, 3.8) is 0 Å². The van der Waals surface area contributed by atoms with Gasteiger partial charge in [-0.15, -0.1) is 0 Å². The molecule has 184 valence electrons. The number of allylic oxidation sites excluding steroid dienone is 1. The molecule has 4 nitrogen and oxygen atoms in total. The smallest absolute Gasteiger partial charge is 0.338 e. The molecule has 1 saturated heterocycles. The highest BCUT2D eigenvalue weighted by Gasteiger charge is 2.65. The van der Waals surface area contributed by atoms with Gasteiger partial charge in [0.1, 0.15) is 6.10 Å². The van der Waals surface area contributed by atoms with E-state index in [1.54, 1.807) is 12.1 Å². The summed E-state index contributed by atoms with van der Waals surface area (Å²) >= 11 is 0. The van der Waals surface area contributed by atoms with Crippen LogP contribution in [0.5, 0.6) is 0 Å². The second-order valence-electron chi connectivity index (χ2n) is 11.3. The first kappa shape index (κ1) is 22.7. The van der Waals surface area contributed by atoms with E-state index in [9.17, 15) is 13.6 Å². The molecular formula is C28H34F2O4. The molecule has 5 aliphatic rings. The average Bonchev–Trinajstić information content (AvgIpc) is 3.43. The molecule has 1 aromatic rings. The number of rotatable bonds is 3. The van der Waals surface area contributed by atoms with Crippen LogP contribution in [0.3, 0.4) is 0 Å². The summed E-state index contributed by atoms with van der Waals surface area (Å²) in [5.41, 5.74) is 0.209. The lowest BCUT2D eigenvalue weighted by Crippen LogP contribution is -2.56. The number of alkyl halides is 2. The highest BCUT2D eigenvalue weighted by atomic mass is 19.3. The van der Waals surface area contributed by atoms with Crippen LogP contribution in [0.2, 0.25) is 0 Å². The molecule has 0 radical (unpaired) electrons. The molecule has 1 spiro atoms. The predicted molar refractivity (Wildman–Crippen MR) is 122 cm³/mol. The van der Waals surface area contributed by atoms with E-state index in [0.717, 1.165) is 37.7 Å². The van der Waals surface area contributed by atoms with Crippen LogP contribution < -0.4 is 0 Å². The number of hydrogen-bond donors (Lipinski definition) is 0. The molecule has 6 atom stereocenters. The van der Waals surface area contributed by atoms with Gasteiger partial charge in [0.05, 0.1) is 24.2 Å². The van der Waals surface area contributed by atoms with Crippen LogP contribution in [-0.4, -0.2) is 37.5 Å². The van der Waals surface area contributed by atoms with Gasteiger partial charge in [-0.3, -0.25) is 0 Å². The van der Waals surface area contributed by atoms with Gasteiger partial charge in [0.15, 0.2) is 5.79 Å².